The van der Waals surface area contributed by atoms with Crippen LogP contribution in [-0.2, 0) is 0 Å². The first-order valence-electron chi connectivity index (χ1n) is 5.23. The summed E-state index contributed by atoms with van der Waals surface area (Å²) in [7, 11) is 0. The molecule has 15 heavy (non-hydrogen) atoms. The Kier molecular flexibility index (Phi) is 4.37. The molecule has 0 spiro atoms. The van der Waals surface area contributed by atoms with Crippen molar-refractivity contribution in [2.45, 2.75) is 32.7 Å². The van der Waals surface area contributed by atoms with Gasteiger partial charge in [0.05, 0.1) is 0 Å². The third kappa shape index (κ3) is 3.08. The molecule has 1 nitrogen and oxygen atoms in total. The van der Waals surface area contributed by atoms with Gasteiger partial charge in [0.1, 0.15) is 0 Å². The summed E-state index contributed by atoms with van der Waals surface area (Å²) in [5.41, 5.74) is 9.36. The Balaban J connectivity index is 2.86. The standard InChI is InChI=1S/C13H18ClN/c1-4-9(2)8-12(15)11-7-5-6-10(3)13(11)14/h5-7,12H,2,4,8,15H2,1,3H3. The number of nitrogens with two attached hydrogens (primary N) is 1. The molecule has 2 heteroatoms. The number of hydrogen-bond donors (Lipinski definition) is 1. The number of benzene rings is 1. The zero-order valence-corrected chi connectivity index (χ0v) is 10.1. The van der Waals surface area contributed by atoms with Crippen molar-refractivity contribution in [2.75, 3.05) is 0 Å². The Morgan fingerprint density at radius 1 is 1.53 bits per heavy atom. The predicted molar refractivity (Wildman–Crippen MR) is 67.2 cm³/mol. The fraction of sp³-hybridized carbons (Fsp3) is 0.385. The maximum atomic E-state index is 6.21. The Bertz CT molecular complexity index is 358. The minimum Gasteiger partial charge on any atom is -0.324 e. The second kappa shape index (κ2) is 5.34. The normalized spacial score (nSPS) is 12.5. The second-order valence-electron chi connectivity index (χ2n) is 3.89. The summed E-state index contributed by atoms with van der Waals surface area (Å²) in [6.45, 7) is 8.05. The predicted octanol–water partition coefficient (Wildman–Crippen LogP) is 4.00. The molecule has 0 aliphatic carbocycles. The molecule has 1 unspecified atom stereocenters. The zero-order valence-electron chi connectivity index (χ0n) is 9.39. The molecule has 0 amide bonds. The van der Waals surface area contributed by atoms with Crippen molar-refractivity contribution in [1.29, 1.82) is 0 Å². The second-order valence-corrected chi connectivity index (χ2v) is 4.27. The van der Waals surface area contributed by atoms with Crippen LogP contribution in [0.4, 0.5) is 0 Å². The van der Waals surface area contributed by atoms with Gasteiger partial charge in [-0.15, -0.1) is 0 Å². The lowest BCUT2D eigenvalue weighted by Crippen LogP contribution is -2.11. The van der Waals surface area contributed by atoms with Gasteiger partial charge in [-0.2, -0.15) is 0 Å². The zero-order chi connectivity index (χ0) is 11.4. The van der Waals surface area contributed by atoms with Gasteiger partial charge in [-0.25, -0.2) is 0 Å². The molecular formula is C13H18ClN. The van der Waals surface area contributed by atoms with E-state index < -0.39 is 0 Å². The van der Waals surface area contributed by atoms with Crippen LogP contribution < -0.4 is 5.73 Å². The van der Waals surface area contributed by atoms with Gasteiger partial charge in [-0.1, -0.05) is 48.9 Å². The van der Waals surface area contributed by atoms with Crippen molar-refractivity contribution in [3.63, 3.8) is 0 Å². The number of aryl methyl sites for hydroxylation is 1. The first-order valence-corrected chi connectivity index (χ1v) is 5.61. The minimum atomic E-state index is -0.0372. The highest BCUT2D eigenvalue weighted by Gasteiger charge is 2.11. The monoisotopic (exact) mass is 223 g/mol. The SMILES string of the molecule is C=C(CC)CC(N)c1cccc(C)c1Cl. The van der Waals surface area contributed by atoms with Crippen LogP contribution in [0.15, 0.2) is 30.4 Å². The Labute approximate surface area is 96.9 Å². The smallest absolute Gasteiger partial charge is 0.0483 e. The molecule has 0 saturated heterocycles. The minimum absolute atomic E-state index is 0.0372. The molecule has 0 radical (unpaired) electrons. The molecule has 0 bridgehead atoms. The van der Waals surface area contributed by atoms with Crippen molar-refractivity contribution in [3.05, 3.63) is 46.5 Å². The summed E-state index contributed by atoms with van der Waals surface area (Å²) in [5, 5.41) is 0.786. The molecular weight excluding hydrogens is 206 g/mol. The van der Waals surface area contributed by atoms with Crippen molar-refractivity contribution in [1.82, 2.24) is 0 Å². The molecule has 1 atom stereocenters. The van der Waals surface area contributed by atoms with E-state index in [2.05, 4.69) is 13.5 Å². The lowest BCUT2D eigenvalue weighted by atomic mass is 9.98. The fourth-order valence-electron chi connectivity index (χ4n) is 1.52. The van der Waals surface area contributed by atoms with Crippen molar-refractivity contribution in [3.8, 4) is 0 Å². The van der Waals surface area contributed by atoms with E-state index in [4.69, 9.17) is 17.3 Å². The molecule has 0 aliphatic rings. The molecule has 1 aromatic carbocycles. The molecule has 1 aromatic rings. The highest BCUT2D eigenvalue weighted by Crippen LogP contribution is 2.28. The van der Waals surface area contributed by atoms with E-state index in [-0.39, 0.29) is 6.04 Å². The van der Waals surface area contributed by atoms with Crippen LogP contribution in [0.2, 0.25) is 5.02 Å². The van der Waals surface area contributed by atoms with E-state index in [9.17, 15) is 0 Å². The molecule has 2 N–H and O–H groups in total. The first kappa shape index (κ1) is 12.3. The topological polar surface area (TPSA) is 26.0 Å². The van der Waals surface area contributed by atoms with Crippen LogP contribution in [0.3, 0.4) is 0 Å². The van der Waals surface area contributed by atoms with Crippen LogP contribution in [-0.4, -0.2) is 0 Å². The van der Waals surface area contributed by atoms with Crippen molar-refractivity contribution >= 4 is 11.6 Å². The summed E-state index contributed by atoms with van der Waals surface area (Å²) >= 11 is 6.21. The molecule has 0 aliphatic heterocycles. The maximum Gasteiger partial charge on any atom is 0.0483 e. The van der Waals surface area contributed by atoms with E-state index in [0.29, 0.717) is 0 Å². The highest BCUT2D eigenvalue weighted by atomic mass is 35.5. The maximum absolute atomic E-state index is 6.21. The summed E-state index contributed by atoms with van der Waals surface area (Å²) < 4.78 is 0. The molecule has 82 valence electrons. The van der Waals surface area contributed by atoms with Gasteiger partial charge in [-0.05, 0) is 30.9 Å². The Morgan fingerprint density at radius 2 is 2.20 bits per heavy atom. The molecule has 0 aromatic heterocycles. The van der Waals surface area contributed by atoms with E-state index in [1.807, 2.05) is 25.1 Å². The largest absolute Gasteiger partial charge is 0.324 e. The lowest BCUT2D eigenvalue weighted by molar-refractivity contribution is 0.701. The van der Waals surface area contributed by atoms with Gasteiger partial charge in [0.15, 0.2) is 0 Å². The van der Waals surface area contributed by atoms with Crippen molar-refractivity contribution in [2.24, 2.45) is 5.73 Å². The quantitative estimate of drug-likeness (QED) is 0.768. The van der Waals surface area contributed by atoms with Gasteiger partial charge >= 0.3 is 0 Å². The lowest BCUT2D eigenvalue weighted by Gasteiger charge is -2.15. The average Bonchev–Trinajstić information content (AvgIpc) is 2.21. The van der Waals surface area contributed by atoms with Crippen LogP contribution in [0.25, 0.3) is 0 Å². The van der Waals surface area contributed by atoms with Crippen LogP contribution >= 0.6 is 11.6 Å². The Hall–Kier alpha value is -0.790. The molecule has 0 fully saturated rings. The summed E-state index contributed by atoms with van der Waals surface area (Å²) in [4.78, 5) is 0. The summed E-state index contributed by atoms with van der Waals surface area (Å²) in [5.74, 6) is 0. The first-order chi connectivity index (χ1) is 7.06. The third-order valence-electron chi connectivity index (χ3n) is 2.63. The van der Waals surface area contributed by atoms with Gasteiger partial charge in [0, 0.05) is 11.1 Å². The van der Waals surface area contributed by atoms with Crippen molar-refractivity contribution < 1.29 is 0 Å². The van der Waals surface area contributed by atoms with Crippen LogP contribution in [0, 0.1) is 6.92 Å². The number of rotatable bonds is 4. The van der Waals surface area contributed by atoms with Gasteiger partial charge in [0.25, 0.3) is 0 Å². The molecule has 0 saturated carbocycles. The van der Waals surface area contributed by atoms with E-state index in [1.54, 1.807) is 0 Å². The van der Waals surface area contributed by atoms with E-state index in [0.717, 1.165) is 29.0 Å². The van der Waals surface area contributed by atoms with E-state index in [1.165, 1.54) is 5.57 Å². The average molecular weight is 224 g/mol. The van der Waals surface area contributed by atoms with Crippen LogP contribution in [0.5, 0.6) is 0 Å². The number of halogens is 1. The van der Waals surface area contributed by atoms with E-state index >= 15 is 0 Å². The highest BCUT2D eigenvalue weighted by molar-refractivity contribution is 6.32. The molecule has 1 rings (SSSR count). The van der Waals surface area contributed by atoms with Gasteiger partial charge in [-0.3, -0.25) is 0 Å². The van der Waals surface area contributed by atoms with Gasteiger partial charge in [0.2, 0.25) is 0 Å². The Morgan fingerprint density at radius 3 is 2.80 bits per heavy atom. The van der Waals surface area contributed by atoms with Crippen LogP contribution in [0.1, 0.15) is 36.9 Å². The van der Waals surface area contributed by atoms with Gasteiger partial charge < -0.3 is 5.73 Å². The number of hydrogen-bond acceptors (Lipinski definition) is 1. The fourth-order valence-corrected chi connectivity index (χ4v) is 1.79. The summed E-state index contributed by atoms with van der Waals surface area (Å²) in [6.07, 6.45) is 1.77. The third-order valence-corrected chi connectivity index (χ3v) is 3.15. The molecule has 0 heterocycles. The summed E-state index contributed by atoms with van der Waals surface area (Å²) in [6, 6.07) is 5.94.